The molecule has 2 amide bonds. The van der Waals surface area contributed by atoms with Crippen LogP contribution in [0.1, 0.15) is 58.4 Å². The number of hydrogen-bond acceptors (Lipinski definition) is 5. The van der Waals surface area contributed by atoms with Crippen LogP contribution in [-0.4, -0.2) is 66.3 Å². The first-order chi connectivity index (χ1) is 13.0. The van der Waals surface area contributed by atoms with Crippen LogP contribution >= 0.6 is 11.3 Å². The quantitative estimate of drug-likeness (QED) is 0.741. The largest absolute Gasteiger partial charge is 0.376 e. The van der Waals surface area contributed by atoms with Crippen LogP contribution in [0.2, 0.25) is 0 Å². The van der Waals surface area contributed by atoms with Crippen LogP contribution in [0.5, 0.6) is 0 Å². The van der Waals surface area contributed by atoms with Crippen LogP contribution in [0.25, 0.3) is 0 Å². The van der Waals surface area contributed by atoms with Gasteiger partial charge in [0.1, 0.15) is 0 Å². The third-order valence-electron chi connectivity index (χ3n) is 6.13. The molecule has 0 bridgehead atoms. The molecule has 0 N–H and O–H groups in total. The fourth-order valence-electron chi connectivity index (χ4n) is 4.50. The summed E-state index contributed by atoms with van der Waals surface area (Å²) in [7, 11) is 0. The van der Waals surface area contributed by atoms with Crippen LogP contribution in [0.15, 0.2) is 12.1 Å². The molecule has 7 heteroatoms. The fraction of sp³-hybridized carbons (Fsp3) is 0.650. The molecule has 3 aliphatic heterocycles. The molecular weight excluding hydrogens is 364 g/mol. The molecule has 0 aliphatic carbocycles. The van der Waals surface area contributed by atoms with Crippen molar-refractivity contribution in [3.05, 3.63) is 21.9 Å². The number of nitrogens with zero attached hydrogens (tertiary/aromatic N) is 2. The van der Waals surface area contributed by atoms with Crippen molar-refractivity contribution in [1.82, 2.24) is 9.80 Å². The highest BCUT2D eigenvalue weighted by atomic mass is 32.1. The number of rotatable bonds is 4. The number of amides is 2. The monoisotopic (exact) mass is 390 g/mol. The summed E-state index contributed by atoms with van der Waals surface area (Å²) in [5.74, 6) is 0.227. The minimum Gasteiger partial charge on any atom is -0.376 e. The van der Waals surface area contributed by atoms with Crippen LogP contribution in [0, 0.1) is 5.41 Å². The van der Waals surface area contributed by atoms with E-state index in [2.05, 4.69) is 0 Å². The van der Waals surface area contributed by atoms with Gasteiger partial charge in [0, 0.05) is 44.6 Å². The number of carbonyl (C=O) groups excluding carboxylic acids is 3. The Hall–Kier alpha value is -1.73. The first-order valence-corrected chi connectivity index (χ1v) is 10.6. The Labute approximate surface area is 163 Å². The Kier molecular flexibility index (Phi) is 5.07. The molecule has 4 rings (SSSR count). The second-order valence-electron chi connectivity index (χ2n) is 8.10. The third kappa shape index (κ3) is 3.80. The van der Waals surface area contributed by atoms with Gasteiger partial charge in [0.15, 0.2) is 5.78 Å². The topological polar surface area (TPSA) is 66.9 Å². The summed E-state index contributed by atoms with van der Waals surface area (Å²) in [5, 5.41) is 0. The van der Waals surface area contributed by atoms with Gasteiger partial charge in [0.25, 0.3) is 5.91 Å². The lowest BCUT2D eigenvalue weighted by molar-refractivity contribution is -0.129. The molecule has 0 radical (unpaired) electrons. The molecule has 146 valence electrons. The van der Waals surface area contributed by atoms with E-state index in [1.807, 2.05) is 9.80 Å². The number of thiophene rings is 1. The van der Waals surface area contributed by atoms with Gasteiger partial charge >= 0.3 is 0 Å². The Morgan fingerprint density at radius 1 is 1.26 bits per heavy atom. The number of Topliss-reactive ketones (excluding diaryl/α,β-unsaturated/α-hetero) is 1. The fourth-order valence-corrected chi connectivity index (χ4v) is 5.37. The molecule has 3 fully saturated rings. The lowest BCUT2D eigenvalue weighted by Crippen LogP contribution is -2.44. The van der Waals surface area contributed by atoms with Crippen molar-refractivity contribution < 1.29 is 19.1 Å². The van der Waals surface area contributed by atoms with E-state index in [4.69, 9.17) is 4.74 Å². The van der Waals surface area contributed by atoms with Crippen molar-refractivity contribution >= 4 is 28.9 Å². The minimum absolute atomic E-state index is 0.00267. The molecule has 1 atom stereocenters. The van der Waals surface area contributed by atoms with E-state index in [9.17, 15) is 14.4 Å². The molecule has 6 nitrogen and oxygen atoms in total. The van der Waals surface area contributed by atoms with Crippen LogP contribution in [-0.2, 0) is 9.53 Å². The molecule has 1 aromatic rings. The van der Waals surface area contributed by atoms with Crippen LogP contribution in [0.4, 0.5) is 0 Å². The number of hydrogen-bond donors (Lipinski definition) is 0. The second kappa shape index (κ2) is 7.36. The zero-order chi connectivity index (χ0) is 19.0. The maximum atomic E-state index is 12.7. The standard InChI is InChI=1S/C20H26N2O4S/c1-14(23)16-4-5-17(27-16)19(25)21-8-6-20(7-9-21)11-18(24)22(13-20)12-15-3-2-10-26-15/h4-5,15H,2-3,6-13H2,1H3/t15-/m0/s1. The van der Waals surface area contributed by atoms with E-state index < -0.39 is 0 Å². The summed E-state index contributed by atoms with van der Waals surface area (Å²) in [6.07, 6.45) is 4.63. The third-order valence-corrected chi connectivity index (χ3v) is 7.30. The van der Waals surface area contributed by atoms with Crippen molar-refractivity contribution in [2.45, 2.75) is 45.1 Å². The average Bonchev–Trinajstić information content (AvgIpc) is 3.37. The predicted molar refractivity (Wildman–Crippen MR) is 102 cm³/mol. The highest BCUT2D eigenvalue weighted by molar-refractivity contribution is 7.15. The smallest absolute Gasteiger partial charge is 0.263 e. The maximum absolute atomic E-state index is 12.7. The first kappa shape index (κ1) is 18.6. The van der Waals surface area contributed by atoms with Crippen molar-refractivity contribution in [3.8, 4) is 0 Å². The molecule has 0 aromatic carbocycles. The zero-order valence-corrected chi connectivity index (χ0v) is 16.6. The summed E-state index contributed by atoms with van der Waals surface area (Å²) in [6.45, 7) is 5.18. The maximum Gasteiger partial charge on any atom is 0.263 e. The van der Waals surface area contributed by atoms with Gasteiger partial charge in [-0.1, -0.05) is 0 Å². The Balaban J connectivity index is 1.34. The van der Waals surface area contributed by atoms with Gasteiger partial charge in [-0.2, -0.15) is 0 Å². The zero-order valence-electron chi connectivity index (χ0n) is 15.7. The van der Waals surface area contributed by atoms with Crippen molar-refractivity contribution in [2.24, 2.45) is 5.41 Å². The molecule has 0 saturated carbocycles. The van der Waals surface area contributed by atoms with Crippen molar-refractivity contribution in [3.63, 3.8) is 0 Å². The van der Waals surface area contributed by atoms with E-state index in [1.165, 1.54) is 18.3 Å². The Morgan fingerprint density at radius 3 is 2.63 bits per heavy atom. The Bertz CT molecular complexity index is 745. The molecule has 3 aliphatic rings. The van der Waals surface area contributed by atoms with Gasteiger partial charge in [0.2, 0.25) is 5.91 Å². The van der Waals surface area contributed by atoms with Gasteiger partial charge in [-0.25, -0.2) is 0 Å². The number of piperidine rings is 1. The van der Waals surface area contributed by atoms with Crippen molar-refractivity contribution in [1.29, 1.82) is 0 Å². The van der Waals surface area contributed by atoms with E-state index in [0.717, 1.165) is 38.8 Å². The van der Waals surface area contributed by atoms with E-state index in [1.54, 1.807) is 12.1 Å². The molecule has 3 saturated heterocycles. The van der Waals surface area contributed by atoms with Crippen LogP contribution in [0.3, 0.4) is 0 Å². The summed E-state index contributed by atoms with van der Waals surface area (Å²) in [4.78, 5) is 41.8. The van der Waals surface area contributed by atoms with Gasteiger partial charge in [0.05, 0.1) is 15.9 Å². The summed E-state index contributed by atoms with van der Waals surface area (Å²) in [6, 6.07) is 3.47. The Morgan fingerprint density at radius 2 is 2.00 bits per heavy atom. The summed E-state index contributed by atoms with van der Waals surface area (Å²) < 4.78 is 5.69. The molecule has 1 spiro atoms. The SMILES string of the molecule is CC(=O)c1ccc(C(=O)N2CCC3(CC2)CC(=O)N(C[C@@H]2CCCO2)C3)s1. The molecule has 4 heterocycles. The highest BCUT2D eigenvalue weighted by Crippen LogP contribution is 2.41. The molecule has 0 unspecified atom stereocenters. The van der Waals surface area contributed by atoms with Gasteiger partial charge < -0.3 is 14.5 Å². The molecule has 27 heavy (non-hydrogen) atoms. The van der Waals surface area contributed by atoms with Crippen molar-refractivity contribution in [2.75, 3.05) is 32.8 Å². The average molecular weight is 391 g/mol. The highest BCUT2D eigenvalue weighted by Gasteiger charge is 2.46. The second-order valence-corrected chi connectivity index (χ2v) is 9.18. The predicted octanol–water partition coefficient (Wildman–Crippen LogP) is 2.58. The van der Waals surface area contributed by atoms with Crippen LogP contribution < -0.4 is 0 Å². The van der Waals surface area contributed by atoms with E-state index in [-0.39, 0.29) is 29.1 Å². The van der Waals surface area contributed by atoms with E-state index >= 15 is 0 Å². The van der Waals surface area contributed by atoms with Gasteiger partial charge in [-0.05, 0) is 44.7 Å². The van der Waals surface area contributed by atoms with E-state index in [0.29, 0.717) is 35.8 Å². The minimum atomic E-state index is -0.00699. The number of ketones is 1. The molecular formula is C20H26N2O4S. The van der Waals surface area contributed by atoms with Gasteiger partial charge in [-0.3, -0.25) is 14.4 Å². The summed E-state index contributed by atoms with van der Waals surface area (Å²) in [5.41, 5.74) is 0.00641. The van der Waals surface area contributed by atoms with Gasteiger partial charge in [-0.15, -0.1) is 11.3 Å². The lowest BCUT2D eigenvalue weighted by atomic mass is 9.77. The molecule has 1 aromatic heterocycles. The normalized spacial score (nSPS) is 24.8. The summed E-state index contributed by atoms with van der Waals surface area (Å²) >= 11 is 1.27. The number of carbonyl (C=O) groups is 3. The lowest BCUT2D eigenvalue weighted by Gasteiger charge is -2.38. The first-order valence-electron chi connectivity index (χ1n) is 9.75. The number of likely N-dealkylation sites (tertiary alicyclic amines) is 2. The number of ether oxygens (including phenoxy) is 1.